The van der Waals surface area contributed by atoms with Crippen molar-refractivity contribution >= 4 is 21.4 Å². The minimum atomic E-state index is -3.63. The topological polar surface area (TPSA) is 72.5 Å². The van der Waals surface area contributed by atoms with Gasteiger partial charge in [0, 0.05) is 18.4 Å². The Morgan fingerprint density at radius 1 is 1.25 bits per heavy atom. The number of benzene rings is 2. The summed E-state index contributed by atoms with van der Waals surface area (Å²) in [6, 6.07) is 9.10. The zero-order chi connectivity index (χ0) is 17.3. The minimum absolute atomic E-state index is 0.142. The van der Waals surface area contributed by atoms with Crippen LogP contribution in [0.15, 0.2) is 41.3 Å². The van der Waals surface area contributed by atoms with E-state index in [0.29, 0.717) is 6.61 Å². The number of sulfone groups is 1. The van der Waals surface area contributed by atoms with Crippen LogP contribution in [-0.2, 0) is 27.5 Å². The summed E-state index contributed by atoms with van der Waals surface area (Å²) in [5, 5.41) is 2.57. The SMILES string of the molecule is CS(=O)(=O)c1ccc(NC(=O)Cc2ccc3c(c2)CCO3)cc1F. The molecule has 0 spiro atoms. The van der Waals surface area contributed by atoms with Crippen molar-refractivity contribution < 1.29 is 22.3 Å². The monoisotopic (exact) mass is 349 g/mol. The number of fused-ring (bicyclic) bond motifs is 1. The Kier molecular flexibility index (Phi) is 4.28. The van der Waals surface area contributed by atoms with Crippen molar-refractivity contribution in [1.82, 2.24) is 0 Å². The fraction of sp³-hybridized carbons (Fsp3) is 0.235. The van der Waals surface area contributed by atoms with Crippen LogP contribution in [0.2, 0.25) is 0 Å². The Hall–Kier alpha value is -2.41. The number of carbonyl (C=O) groups excluding carboxylic acids is 1. The van der Waals surface area contributed by atoms with E-state index in [4.69, 9.17) is 4.74 Å². The number of halogens is 1. The zero-order valence-electron chi connectivity index (χ0n) is 13.0. The summed E-state index contributed by atoms with van der Waals surface area (Å²) in [4.78, 5) is 11.7. The van der Waals surface area contributed by atoms with E-state index in [1.54, 1.807) is 0 Å². The molecule has 126 valence electrons. The molecule has 0 saturated carbocycles. The average Bonchev–Trinajstić information content (AvgIpc) is 2.93. The van der Waals surface area contributed by atoms with Gasteiger partial charge >= 0.3 is 0 Å². The zero-order valence-corrected chi connectivity index (χ0v) is 13.8. The number of hydrogen-bond donors (Lipinski definition) is 1. The van der Waals surface area contributed by atoms with Crippen molar-refractivity contribution in [2.75, 3.05) is 18.2 Å². The van der Waals surface area contributed by atoms with Crippen molar-refractivity contribution in [2.24, 2.45) is 0 Å². The van der Waals surface area contributed by atoms with Gasteiger partial charge < -0.3 is 10.1 Å². The van der Waals surface area contributed by atoms with E-state index < -0.39 is 15.7 Å². The largest absolute Gasteiger partial charge is 0.493 e. The van der Waals surface area contributed by atoms with Crippen LogP contribution >= 0.6 is 0 Å². The Morgan fingerprint density at radius 2 is 2.04 bits per heavy atom. The molecule has 0 bridgehead atoms. The van der Waals surface area contributed by atoms with Gasteiger partial charge in [-0.15, -0.1) is 0 Å². The quantitative estimate of drug-likeness (QED) is 0.920. The van der Waals surface area contributed by atoms with Gasteiger partial charge in [0.05, 0.1) is 13.0 Å². The maximum atomic E-state index is 13.8. The van der Waals surface area contributed by atoms with Gasteiger partial charge in [0.25, 0.3) is 0 Å². The molecule has 7 heteroatoms. The number of carbonyl (C=O) groups is 1. The second-order valence-electron chi connectivity index (χ2n) is 5.68. The second kappa shape index (κ2) is 6.24. The summed E-state index contributed by atoms with van der Waals surface area (Å²) in [6.07, 6.45) is 1.90. The molecule has 0 aromatic heterocycles. The summed E-state index contributed by atoms with van der Waals surface area (Å²) in [5.74, 6) is -0.344. The van der Waals surface area contributed by atoms with Crippen molar-refractivity contribution in [2.45, 2.75) is 17.7 Å². The first kappa shape index (κ1) is 16.4. The molecule has 5 nitrogen and oxygen atoms in total. The summed E-state index contributed by atoms with van der Waals surface area (Å²) < 4.78 is 42.0. The molecule has 2 aromatic rings. The van der Waals surface area contributed by atoms with E-state index >= 15 is 0 Å². The number of anilines is 1. The maximum absolute atomic E-state index is 13.8. The third-order valence-corrected chi connectivity index (χ3v) is 4.86. The number of nitrogens with one attached hydrogen (secondary N) is 1. The molecule has 0 unspecified atom stereocenters. The van der Waals surface area contributed by atoms with E-state index in [0.717, 1.165) is 41.7 Å². The van der Waals surface area contributed by atoms with Gasteiger partial charge in [-0.2, -0.15) is 0 Å². The van der Waals surface area contributed by atoms with E-state index in [9.17, 15) is 17.6 Å². The van der Waals surface area contributed by atoms with Crippen LogP contribution in [0.5, 0.6) is 5.75 Å². The molecule has 0 aliphatic carbocycles. The molecular weight excluding hydrogens is 333 g/mol. The molecule has 0 atom stereocenters. The van der Waals surface area contributed by atoms with Crippen molar-refractivity contribution in [3.63, 3.8) is 0 Å². The first-order chi connectivity index (χ1) is 11.3. The molecule has 1 aliphatic rings. The van der Waals surface area contributed by atoms with Gasteiger partial charge in [-0.1, -0.05) is 12.1 Å². The van der Waals surface area contributed by atoms with Gasteiger partial charge in [-0.3, -0.25) is 4.79 Å². The Balaban J connectivity index is 1.70. The Labute approximate surface area is 139 Å². The lowest BCUT2D eigenvalue weighted by atomic mass is 10.1. The lowest BCUT2D eigenvalue weighted by Crippen LogP contribution is -2.15. The lowest BCUT2D eigenvalue weighted by Gasteiger charge is -2.08. The third kappa shape index (κ3) is 3.56. The number of ether oxygens (including phenoxy) is 1. The minimum Gasteiger partial charge on any atom is -0.493 e. The molecule has 1 N–H and O–H groups in total. The predicted octanol–water partition coefficient (Wildman–Crippen LogP) is 2.35. The maximum Gasteiger partial charge on any atom is 0.228 e. The van der Waals surface area contributed by atoms with Crippen LogP contribution in [-0.4, -0.2) is 27.2 Å². The highest BCUT2D eigenvalue weighted by atomic mass is 32.2. The van der Waals surface area contributed by atoms with Crippen LogP contribution in [0.1, 0.15) is 11.1 Å². The molecule has 1 aliphatic heterocycles. The third-order valence-electron chi connectivity index (χ3n) is 3.73. The number of amides is 1. The Morgan fingerprint density at radius 3 is 2.75 bits per heavy atom. The van der Waals surface area contributed by atoms with Crippen molar-refractivity contribution in [3.8, 4) is 5.75 Å². The summed E-state index contributed by atoms with van der Waals surface area (Å²) in [6.45, 7) is 0.650. The summed E-state index contributed by atoms with van der Waals surface area (Å²) >= 11 is 0. The van der Waals surface area contributed by atoms with Crippen molar-refractivity contribution in [1.29, 1.82) is 0 Å². The van der Waals surface area contributed by atoms with Crippen LogP contribution < -0.4 is 10.1 Å². The van der Waals surface area contributed by atoms with E-state index in [2.05, 4.69) is 5.32 Å². The molecule has 1 heterocycles. The van der Waals surface area contributed by atoms with Crippen LogP contribution in [0.3, 0.4) is 0 Å². The van der Waals surface area contributed by atoms with Crippen LogP contribution in [0, 0.1) is 5.82 Å². The second-order valence-corrected chi connectivity index (χ2v) is 7.67. The number of hydrogen-bond acceptors (Lipinski definition) is 4. The van der Waals surface area contributed by atoms with E-state index in [1.165, 1.54) is 6.07 Å². The van der Waals surface area contributed by atoms with Crippen LogP contribution in [0.25, 0.3) is 0 Å². The highest BCUT2D eigenvalue weighted by Crippen LogP contribution is 2.26. The van der Waals surface area contributed by atoms with Gasteiger partial charge in [0.1, 0.15) is 16.5 Å². The van der Waals surface area contributed by atoms with Gasteiger partial charge in [-0.05, 0) is 35.4 Å². The molecule has 0 radical (unpaired) electrons. The first-order valence-corrected chi connectivity index (χ1v) is 9.26. The molecule has 24 heavy (non-hydrogen) atoms. The van der Waals surface area contributed by atoms with E-state index in [1.807, 2.05) is 18.2 Å². The fourth-order valence-corrected chi connectivity index (χ4v) is 3.35. The van der Waals surface area contributed by atoms with Gasteiger partial charge in [0.15, 0.2) is 9.84 Å². The highest BCUT2D eigenvalue weighted by Gasteiger charge is 2.16. The number of rotatable bonds is 4. The molecule has 0 fully saturated rings. The van der Waals surface area contributed by atoms with Gasteiger partial charge in [0.2, 0.25) is 5.91 Å². The highest BCUT2D eigenvalue weighted by molar-refractivity contribution is 7.90. The first-order valence-electron chi connectivity index (χ1n) is 7.37. The normalized spacial score (nSPS) is 13.2. The average molecular weight is 349 g/mol. The predicted molar refractivity (Wildman–Crippen MR) is 87.5 cm³/mol. The fourth-order valence-electron chi connectivity index (χ4n) is 2.62. The summed E-state index contributed by atoms with van der Waals surface area (Å²) in [7, 11) is -3.63. The molecule has 0 saturated heterocycles. The molecule has 1 amide bonds. The lowest BCUT2D eigenvalue weighted by molar-refractivity contribution is -0.115. The van der Waals surface area contributed by atoms with E-state index in [-0.39, 0.29) is 22.9 Å². The molecular formula is C17H16FNO4S. The van der Waals surface area contributed by atoms with Crippen LogP contribution in [0.4, 0.5) is 10.1 Å². The molecule has 2 aromatic carbocycles. The summed E-state index contributed by atoms with van der Waals surface area (Å²) in [5.41, 5.74) is 2.13. The smallest absolute Gasteiger partial charge is 0.228 e. The standard InChI is InChI=1S/C17H16FNO4S/c1-24(21,22)16-5-3-13(10-14(16)18)19-17(20)9-11-2-4-15-12(8-11)6-7-23-15/h2-5,8,10H,6-7,9H2,1H3,(H,19,20). The van der Waals surface area contributed by atoms with Crippen molar-refractivity contribution in [3.05, 3.63) is 53.3 Å². The van der Waals surface area contributed by atoms with Gasteiger partial charge in [-0.25, -0.2) is 12.8 Å². The molecule has 3 rings (SSSR count). The Bertz CT molecular complexity index is 909.